The van der Waals surface area contributed by atoms with E-state index in [0.717, 1.165) is 0 Å². The Morgan fingerprint density at radius 3 is 2.77 bits per heavy atom. The largest absolute Gasteiger partial charge is 0.508 e. The van der Waals surface area contributed by atoms with E-state index in [0.29, 0.717) is 16.3 Å². The second kappa shape index (κ2) is 7.33. The lowest BCUT2D eigenvalue weighted by Gasteiger charge is -2.06. The van der Waals surface area contributed by atoms with Crippen LogP contribution in [0.1, 0.15) is 5.56 Å². The molecule has 6 nitrogen and oxygen atoms in total. The van der Waals surface area contributed by atoms with E-state index in [4.69, 9.17) is 21.4 Å². The van der Waals surface area contributed by atoms with Crippen LogP contribution in [-0.2, 0) is 4.79 Å². The van der Waals surface area contributed by atoms with Crippen LogP contribution in [0.25, 0.3) is 0 Å². The van der Waals surface area contributed by atoms with E-state index >= 15 is 0 Å². The molecule has 0 aliphatic carbocycles. The van der Waals surface area contributed by atoms with Gasteiger partial charge in [0.15, 0.2) is 6.61 Å². The molecule has 0 radical (unpaired) electrons. The first-order valence-corrected chi connectivity index (χ1v) is 6.65. The van der Waals surface area contributed by atoms with Gasteiger partial charge in [-0.25, -0.2) is 5.43 Å². The molecule has 0 heterocycles. The van der Waals surface area contributed by atoms with Gasteiger partial charge in [0.25, 0.3) is 5.91 Å². The molecule has 2 aromatic carbocycles. The van der Waals surface area contributed by atoms with Crippen molar-refractivity contribution in [3.05, 3.63) is 53.1 Å². The Morgan fingerprint density at radius 1 is 1.27 bits per heavy atom. The van der Waals surface area contributed by atoms with Gasteiger partial charge in [0.2, 0.25) is 0 Å². The van der Waals surface area contributed by atoms with Crippen LogP contribution in [0.3, 0.4) is 0 Å². The highest BCUT2D eigenvalue weighted by Gasteiger charge is 2.04. The van der Waals surface area contributed by atoms with E-state index in [9.17, 15) is 9.90 Å². The van der Waals surface area contributed by atoms with Gasteiger partial charge in [0.05, 0.1) is 11.2 Å². The maximum Gasteiger partial charge on any atom is 0.277 e. The molecule has 2 rings (SSSR count). The zero-order valence-electron chi connectivity index (χ0n) is 11.4. The Hall–Kier alpha value is -2.73. The molecule has 0 aromatic heterocycles. The molecular weight excluding hydrogens is 308 g/mol. The van der Waals surface area contributed by atoms with E-state index in [1.54, 1.807) is 24.3 Å². The number of hydrogen-bond donors (Lipinski definition) is 3. The molecule has 0 saturated heterocycles. The number of carbonyl (C=O) groups is 1. The number of benzene rings is 2. The zero-order valence-corrected chi connectivity index (χ0v) is 12.1. The van der Waals surface area contributed by atoms with Gasteiger partial charge in [-0.2, -0.15) is 5.10 Å². The number of carbonyl (C=O) groups excluding carboxylic acids is 1. The average Bonchev–Trinajstić information content (AvgIpc) is 2.49. The van der Waals surface area contributed by atoms with Crippen LogP contribution in [-0.4, -0.2) is 28.9 Å². The predicted octanol–water partition coefficient (Wildman–Crippen LogP) is 2.28. The summed E-state index contributed by atoms with van der Waals surface area (Å²) in [6.07, 6.45) is 1.25. The molecule has 0 aliphatic rings. The van der Waals surface area contributed by atoms with Gasteiger partial charge in [-0.1, -0.05) is 23.7 Å². The van der Waals surface area contributed by atoms with E-state index in [2.05, 4.69) is 10.5 Å². The summed E-state index contributed by atoms with van der Waals surface area (Å²) in [4.78, 5) is 11.6. The van der Waals surface area contributed by atoms with Crippen LogP contribution >= 0.6 is 11.6 Å². The lowest BCUT2D eigenvalue weighted by Crippen LogP contribution is -2.24. The quantitative estimate of drug-likeness (QED) is 0.582. The standard InChI is InChI=1S/C15H13ClN2O4/c16-12-3-1-2-4-14(12)22-9-15(21)18-17-8-10-5-6-11(19)7-13(10)20/h1-8,19-20H,9H2,(H,18,21)/b17-8+. The van der Waals surface area contributed by atoms with Gasteiger partial charge in [-0.05, 0) is 24.3 Å². The number of ether oxygens (including phenoxy) is 1. The number of aromatic hydroxyl groups is 2. The van der Waals surface area contributed by atoms with Crippen LogP contribution in [0.2, 0.25) is 5.02 Å². The second-order valence-corrected chi connectivity index (χ2v) is 4.66. The highest BCUT2D eigenvalue weighted by atomic mass is 35.5. The summed E-state index contributed by atoms with van der Waals surface area (Å²) in [5.74, 6) is -0.286. The summed E-state index contributed by atoms with van der Waals surface area (Å²) in [5.41, 5.74) is 2.60. The summed E-state index contributed by atoms with van der Waals surface area (Å²) in [7, 11) is 0. The zero-order chi connectivity index (χ0) is 15.9. The number of nitrogens with one attached hydrogen (secondary N) is 1. The van der Waals surface area contributed by atoms with E-state index in [-0.39, 0.29) is 18.1 Å². The molecule has 0 atom stereocenters. The van der Waals surface area contributed by atoms with Crippen molar-refractivity contribution in [3.8, 4) is 17.2 Å². The molecule has 0 aliphatic heterocycles. The average molecular weight is 321 g/mol. The van der Waals surface area contributed by atoms with Crippen molar-refractivity contribution in [2.45, 2.75) is 0 Å². The molecule has 0 saturated carbocycles. The first-order chi connectivity index (χ1) is 10.6. The van der Waals surface area contributed by atoms with E-state index in [1.807, 2.05) is 0 Å². The fraction of sp³-hybridized carbons (Fsp3) is 0.0667. The van der Waals surface area contributed by atoms with Crippen molar-refractivity contribution in [1.29, 1.82) is 0 Å². The van der Waals surface area contributed by atoms with Gasteiger partial charge >= 0.3 is 0 Å². The molecule has 0 fully saturated rings. The normalized spacial score (nSPS) is 10.6. The first-order valence-electron chi connectivity index (χ1n) is 6.27. The number of hydrazone groups is 1. The van der Waals surface area contributed by atoms with Gasteiger partial charge < -0.3 is 14.9 Å². The third kappa shape index (κ3) is 4.39. The topological polar surface area (TPSA) is 91.2 Å². The minimum absolute atomic E-state index is 0.0631. The Balaban J connectivity index is 1.85. The number of rotatable bonds is 5. The first kappa shape index (κ1) is 15.7. The van der Waals surface area contributed by atoms with E-state index in [1.165, 1.54) is 24.4 Å². The molecule has 2 aromatic rings. The number of hydrogen-bond acceptors (Lipinski definition) is 5. The van der Waals surface area contributed by atoms with E-state index < -0.39 is 5.91 Å². The predicted molar refractivity (Wildman–Crippen MR) is 82.5 cm³/mol. The molecule has 22 heavy (non-hydrogen) atoms. The van der Waals surface area contributed by atoms with Gasteiger partial charge in [0, 0.05) is 11.6 Å². The third-order valence-corrected chi connectivity index (χ3v) is 2.91. The van der Waals surface area contributed by atoms with Gasteiger partial charge in [0.1, 0.15) is 17.2 Å². The van der Waals surface area contributed by atoms with Crippen LogP contribution in [0.15, 0.2) is 47.6 Å². The monoisotopic (exact) mass is 320 g/mol. The van der Waals surface area contributed by atoms with Crippen molar-refractivity contribution in [2.75, 3.05) is 6.61 Å². The maximum absolute atomic E-state index is 11.6. The lowest BCUT2D eigenvalue weighted by atomic mass is 10.2. The Kier molecular flexibility index (Phi) is 5.21. The SMILES string of the molecule is O=C(COc1ccccc1Cl)N/N=C/c1ccc(O)cc1O. The number of para-hydroxylation sites is 1. The summed E-state index contributed by atoms with van der Waals surface area (Å²) < 4.78 is 5.24. The molecule has 0 spiro atoms. The Labute approximate surface area is 131 Å². The van der Waals surface area contributed by atoms with Crippen molar-refractivity contribution >= 4 is 23.7 Å². The number of phenolic OH excluding ortho intramolecular Hbond substituents is 2. The molecule has 3 N–H and O–H groups in total. The highest BCUT2D eigenvalue weighted by molar-refractivity contribution is 6.32. The smallest absolute Gasteiger partial charge is 0.277 e. The number of halogens is 1. The van der Waals surface area contributed by atoms with Crippen molar-refractivity contribution < 1.29 is 19.7 Å². The van der Waals surface area contributed by atoms with Crippen LogP contribution in [0, 0.1) is 0 Å². The third-order valence-electron chi connectivity index (χ3n) is 2.60. The highest BCUT2D eigenvalue weighted by Crippen LogP contribution is 2.23. The fourth-order valence-electron chi connectivity index (χ4n) is 1.55. The molecule has 1 amide bonds. The molecular formula is C15H13ClN2O4. The Bertz CT molecular complexity index is 704. The number of nitrogens with zero attached hydrogens (tertiary/aromatic N) is 1. The minimum atomic E-state index is -0.477. The minimum Gasteiger partial charge on any atom is -0.508 e. The van der Waals surface area contributed by atoms with Crippen molar-refractivity contribution in [3.63, 3.8) is 0 Å². The summed E-state index contributed by atoms with van der Waals surface area (Å²) >= 11 is 5.89. The van der Waals surface area contributed by atoms with Gasteiger partial charge in [-0.15, -0.1) is 0 Å². The van der Waals surface area contributed by atoms with Crippen LogP contribution < -0.4 is 10.2 Å². The van der Waals surface area contributed by atoms with Crippen molar-refractivity contribution in [2.24, 2.45) is 5.10 Å². The molecule has 0 bridgehead atoms. The van der Waals surface area contributed by atoms with Crippen LogP contribution in [0.5, 0.6) is 17.2 Å². The number of amides is 1. The molecule has 114 valence electrons. The second-order valence-electron chi connectivity index (χ2n) is 4.26. The maximum atomic E-state index is 11.6. The summed E-state index contributed by atoms with van der Waals surface area (Å²) in [6, 6.07) is 10.8. The fourth-order valence-corrected chi connectivity index (χ4v) is 1.74. The summed E-state index contributed by atoms with van der Waals surface area (Å²) in [6.45, 7) is -0.247. The van der Waals surface area contributed by atoms with Crippen molar-refractivity contribution in [1.82, 2.24) is 5.43 Å². The Morgan fingerprint density at radius 2 is 2.05 bits per heavy atom. The summed E-state index contributed by atoms with van der Waals surface area (Å²) in [5, 5.41) is 22.8. The number of phenols is 2. The van der Waals surface area contributed by atoms with Crippen LogP contribution in [0.4, 0.5) is 0 Å². The van der Waals surface area contributed by atoms with Gasteiger partial charge in [-0.3, -0.25) is 4.79 Å². The molecule has 0 unspecified atom stereocenters. The lowest BCUT2D eigenvalue weighted by molar-refractivity contribution is -0.123. The molecule has 7 heteroatoms.